The number of halogens is 3. The molecule has 2 fully saturated rings. The lowest BCUT2D eigenvalue weighted by Gasteiger charge is -2.26. The summed E-state index contributed by atoms with van der Waals surface area (Å²) in [6, 6.07) is 0. The van der Waals surface area contributed by atoms with Crippen LogP contribution in [0.2, 0.25) is 0 Å². The molecule has 1 aliphatic heterocycles. The van der Waals surface area contributed by atoms with Crippen LogP contribution in [0.4, 0.5) is 13.2 Å². The molecule has 0 aromatic heterocycles. The zero-order valence-electron chi connectivity index (χ0n) is 11.4. The molecule has 2 aliphatic rings. The Labute approximate surface area is 120 Å². The predicted molar refractivity (Wildman–Crippen MR) is 65.5 cm³/mol. The number of alkyl halides is 3. The highest BCUT2D eigenvalue weighted by atomic mass is 19.4. The molecule has 120 valence electrons. The van der Waals surface area contributed by atoms with Gasteiger partial charge in [-0.05, 0) is 31.6 Å². The zero-order chi connectivity index (χ0) is 15.6. The molecule has 0 aromatic carbocycles. The second-order valence-electron chi connectivity index (χ2n) is 5.62. The summed E-state index contributed by atoms with van der Waals surface area (Å²) in [4.78, 5) is 24.2. The van der Waals surface area contributed by atoms with E-state index in [1.807, 2.05) is 0 Å². The molecule has 0 bridgehead atoms. The van der Waals surface area contributed by atoms with Gasteiger partial charge in [0.15, 0.2) is 6.10 Å². The van der Waals surface area contributed by atoms with Crippen molar-refractivity contribution < 1.29 is 32.6 Å². The van der Waals surface area contributed by atoms with E-state index >= 15 is 0 Å². The highest BCUT2D eigenvalue weighted by Gasteiger charge is 2.39. The number of nitrogens with zero attached hydrogens (tertiary/aromatic N) is 1. The number of rotatable bonds is 6. The van der Waals surface area contributed by atoms with Crippen LogP contribution < -0.4 is 0 Å². The van der Waals surface area contributed by atoms with E-state index < -0.39 is 43.2 Å². The van der Waals surface area contributed by atoms with Crippen molar-refractivity contribution in [3.63, 3.8) is 0 Å². The fourth-order valence-electron chi connectivity index (χ4n) is 2.37. The first-order valence-electron chi connectivity index (χ1n) is 7.00. The van der Waals surface area contributed by atoms with Crippen LogP contribution in [-0.4, -0.2) is 53.4 Å². The molecule has 0 spiro atoms. The molecule has 1 saturated carbocycles. The Morgan fingerprint density at radius 1 is 1.14 bits per heavy atom. The molecule has 0 radical (unpaired) electrons. The van der Waals surface area contributed by atoms with Gasteiger partial charge in [0.2, 0.25) is 0 Å². The average Bonchev–Trinajstić information content (AvgIpc) is 3.04. The summed E-state index contributed by atoms with van der Waals surface area (Å²) >= 11 is 0. The average molecular weight is 309 g/mol. The van der Waals surface area contributed by atoms with Crippen LogP contribution in [0.1, 0.15) is 32.1 Å². The Kier molecular flexibility index (Phi) is 4.75. The second kappa shape index (κ2) is 6.21. The van der Waals surface area contributed by atoms with Gasteiger partial charge in [0.1, 0.15) is 6.10 Å². The van der Waals surface area contributed by atoms with E-state index in [0.29, 0.717) is 6.54 Å². The molecule has 5 nitrogen and oxygen atoms in total. The molecule has 21 heavy (non-hydrogen) atoms. The fraction of sp³-hybridized carbons (Fsp3) is 0.846. The lowest BCUT2D eigenvalue weighted by molar-refractivity contribution is -0.157. The summed E-state index contributed by atoms with van der Waals surface area (Å²) in [5.74, 6) is -1.40. The SMILES string of the molecule is O=C(O)[C@H]1CC[C@@H](C(=O)N(CCC(F)(F)F)CC2CC2)O1. The van der Waals surface area contributed by atoms with Crippen molar-refractivity contribution in [3.8, 4) is 0 Å². The Hall–Kier alpha value is -1.31. The molecule has 1 N–H and O–H groups in total. The Morgan fingerprint density at radius 3 is 2.24 bits per heavy atom. The molecule has 0 aromatic rings. The van der Waals surface area contributed by atoms with Crippen molar-refractivity contribution in [3.05, 3.63) is 0 Å². The maximum atomic E-state index is 12.3. The topological polar surface area (TPSA) is 66.8 Å². The van der Waals surface area contributed by atoms with E-state index in [0.717, 1.165) is 12.8 Å². The summed E-state index contributed by atoms with van der Waals surface area (Å²) in [6.07, 6.45) is -5.06. The first kappa shape index (κ1) is 16.1. The lowest BCUT2D eigenvalue weighted by atomic mass is 10.1. The van der Waals surface area contributed by atoms with Gasteiger partial charge < -0.3 is 14.7 Å². The standard InChI is InChI=1S/C13H18F3NO4/c14-13(15,16)5-6-17(7-8-1-2-8)11(18)9-3-4-10(21-9)12(19)20/h8-10H,1-7H2,(H,19,20)/t9-,10+/m0/s1. The highest BCUT2D eigenvalue weighted by molar-refractivity contribution is 5.82. The third kappa shape index (κ3) is 4.87. The van der Waals surface area contributed by atoms with Crippen LogP contribution >= 0.6 is 0 Å². The van der Waals surface area contributed by atoms with Crippen LogP contribution in [0.15, 0.2) is 0 Å². The van der Waals surface area contributed by atoms with Gasteiger partial charge >= 0.3 is 12.1 Å². The summed E-state index contributed by atoms with van der Waals surface area (Å²) in [6.45, 7) is -0.0943. The molecule has 8 heteroatoms. The van der Waals surface area contributed by atoms with E-state index in [4.69, 9.17) is 9.84 Å². The normalized spacial score (nSPS) is 25.9. The van der Waals surface area contributed by atoms with Gasteiger partial charge in [-0.2, -0.15) is 13.2 Å². The summed E-state index contributed by atoms with van der Waals surface area (Å²) < 4.78 is 42.1. The molecule has 1 saturated heterocycles. The van der Waals surface area contributed by atoms with Crippen LogP contribution in [0.3, 0.4) is 0 Å². The quantitative estimate of drug-likeness (QED) is 0.812. The van der Waals surface area contributed by atoms with Crippen molar-refractivity contribution in [1.82, 2.24) is 4.90 Å². The van der Waals surface area contributed by atoms with Crippen molar-refractivity contribution in [2.75, 3.05) is 13.1 Å². The maximum absolute atomic E-state index is 12.3. The lowest BCUT2D eigenvalue weighted by Crippen LogP contribution is -2.42. The van der Waals surface area contributed by atoms with Crippen molar-refractivity contribution in [2.45, 2.75) is 50.5 Å². The number of carbonyl (C=O) groups excluding carboxylic acids is 1. The van der Waals surface area contributed by atoms with Crippen molar-refractivity contribution in [2.24, 2.45) is 5.92 Å². The number of carboxylic acid groups (broad SMARTS) is 1. The Morgan fingerprint density at radius 2 is 1.76 bits per heavy atom. The van der Waals surface area contributed by atoms with Crippen LogP contribution in [0.5, 0.6) is 0 Å². The second-order valence-corrected chi connectivity index (χ2v) is 5.62. The number of carbonyl (C=O) groups is 2. The Balaban J connectivity index is 1.92. The minimum atomic E-state index is -4.32. The number of hydrogen-bond acceptors (Lipinski definition) is 3. The number of amides is 1. The number of aliphatic carboxylic acids is 1. The number of ether oxygens (including phenoxy) is 1. The first-order valence-corrected chi connectivity index (χ1v) is 7.00. The van der Waals surface area contributed by atoms with E-state index in [1.165, 1.54) is 4.90 Å². The van der Waals surface area contributed by atoms with Gasteiger partial charge in [0.25, 0.3) is 5.91 Å². The van der Waals surface area contributed by atoms with E-state index in [9.17, 15) is 22.8 Å². The summed E-state index contributed by atoms with van der Waals surface area (Å²) in [5, 5.41) is 8.82. The molecule has 2 rings (SSSR count). The third-order valence-corrected chi connectivity index (χ3v) is 3.72. The molecule has 1 amide bonds. The van der Waals surface area contributed by atoms with Gasteiger partial charge in [-0.1, -0.05) is 0 Å². The van der Waals surface area contributed by atoms with E-state index in [2.05, 4.69) is 0 Å². The van der Waals surface area contributed by atoms with Crippen LogP contribution in [0, 0.1) is 5.92 Å². The van der Waals surface area contributed by atoms with Gasteiger partial charge in [0, 0.05) is 13.1 Å². The smallest absolute Gasteiger partial charge is 0.390 e. The fourth-order valence-corrected chi connectivity index (χ4v) is 2.37. The molecule has 2 atom stereocenters. The first-order chi connectivity index (χ1) is 9.76. The number of hydrogen-bond donors (Lipinski definition) is 1. The molecular formula is C13H18F3NO4. The minimum Gasteiger partial charge on any atom is -0.479 e. The Bertz CT molecular complexity index is 409. The van der Waals surface area contributed by atoms with Crippen molar-refractivity contribution >= 4 is 11.9 Å². The zero-order valence-corrected chi connectivity index (χ0v) is 11.4. The number of carboxylic acids is 1. The van der Waals surface area contributed by atoms with E-state index in [-0.39, 0.29) is 18.8 Å². The molecule has 1 aliphatic carbocycles. The highest BCUT2D eigenvalue weighted by Crippen LogP contribution is 2.31. The molecule has 0 unspecified atom stereocenters. The minimum absolute atomic E-state index is 0.211. The summed E-state index contributed by atoms with van der Waals surface area (Å²) in [7, 11) is 0. The largest absolute Gasteiger partial charge is 0.479 e. The monoisotopic (exact) mass is 309 g/mol. The van der Waals surface area contributed by atoms with Gasteiger partial charge in [0.05, 0.1) is 6.42 Å². The molecular weight excluding hydrogens is 291 g/mol. The van der Waals surface area contributed by atoms with Crippen molar-refractivity contribution in [1.29, 1.82) is 0 Å². The maximum Gasteiger partial charge on any atom is 0.390 e. The molecule has 1 heterocycles. The summed E-state index contributed by atoms with van der Waals surface area (Å²) in [5.41, 5.74) is 0. The predicted octanol–water partition coefficient (Wildman–Crippen LogP) is 1.81. The van der Waals surface area contributed by atoms with Crippen LogP contribution in [-0.2, 0) is 14.3 Å². The van der Waals surface area contributed by atoms with Gasteiger partial charge in [-0.15, -0.1) is 0 Å². The third-order valence-electron chi connectivity index (χ3n) is 3.72. The van der Waals surface area contributed by atoms with Crippen LogP contribution in [0.25, 0.3) is 0 Å². The van der Waals surface area contributed by atoms with E-state index in [1.54, 1.807) is 0 Å². The van der Waals surface area contributed by atoms with Gasteiger partial charge in [-0.3, -0.25) is 4.79 Å². The van der Waals surface area contributed by atoms with Gasteiger partial charge in [-0.25, -0.2) is 4.79 Å².